The van der Waals surface area contributed by atoms with Crippen LogP contribution in [0.3, 0.4) is 0 Å². The maximum Gasteiger partial charge on any atom is 0.573 e. The maximum atomic E-state index is 12.7. The largest absolute Gasteiger partial charge is 0.573 e. The third kappa shape index (κ3) is 5.93. The van der Waals surface area contributed by atoms with Crippen molar-refractivity contribution in [1.29, 1.82) is 5.26 Å². The summed E-state index contributed by atoms with van der Waals surface area (Å²) in [6, 6.07) is 21.9. The van der Waals surface area contributed by atoms with Gasteiger partial charge in [0.25, 0.3) is 0 Å². The minimum atomic E-state index is -4.87. The van der Waals surface area contributed by atoms with Crippen LogP contribution in [0.1, 0.15) is 11.1 Å². The first-order valence-electron chi connectivity index (χ1n) is 10.8. The van der Waals surface area contributed by atoms with Gasteiger partial charge in [0.1, 0.15) is 5.75 Å². The van der Waals surface area contributed by atoms with Crippen LogP contribution in [0.5, 0.6) is 5.75 Å². The van der Waals surface area contributed by atoms with Crippen LogP contribution < -0.4 is 14.4 Å². The number of halogens is 3. The molecule has 0 saturated carbocycles. The average Bonchev–Trinajstić information content (AvgIpc) is 2.98. The molecular formula is C25H22F3N3O3S. The second-order valence-electron chi connectivity index (χ2n) is 8.07. The molecule has 1 N–H and O–H groups in total. The number of hydrogen-bond donors (Lipinski definition) is 1. The summed E-state index contributed by atoms with van der Waals surface area (Å²) in [6.45, 7) is 0.0892. The fourth-order valence-electron chi connectivity index (χ4n) is 4.05. The van der Waals surface area contributed by atoms with Crippen LogP contribution in [-0.2, 0) is 22.9 Å². The standard InChI is InChI=1S/C25H22F3N3O3S/c26-25(27,28)34-21-11-13-22(14-12-21)35(32,33)30-16-18(15-29)17-31-23-7-3-1-5-19(23)9-10-20-6-2-4-8-24(20)31/h1-8,11-14,18,30H,9-10,16-17H2. The molecular weight excluding hydrogens is 479 g/mol. The van der Waals surface area contributed by atoms with Gasteiger partial charge in [0.05, 0.1) is 16.9 Å². The molecule has 0 fully saturated rings. The van der Waals surface area contributed by atoms with E-state index in [0.717, 1.165) is 59.6 Å². The number of aryl methyl sites for hydroxylation is 2. The normalized spacial score (nSPS) is 14.3. The molecule has 1 unspecified atom stereocenters. The average molecular weight is 502 g/mol. The number of para-hydroxylation sites is 2. The second kappa shape index (κ2) is 9.98. The number of nitriles is 1. The summed E-state index contributed by atoms with van der Waals surface area (Å²) in [5.74, 6) is -1.22. The monoisotopic (exact) mass is 501 g/mol. The SMILES string of the molecule is N#CC(CNS(=O)(=O)c1ccc(OC(F)(F)F)cc1)CN1c2ccccc2CCc2ccccc21. The summed E-state index contributed by atoms with van der Waals surface area (Å²) in [6.07, 6.45) is -3.17. The Morgan fingerprint density at radius 1 is 0.943 bits per heavy atom. The van der Waals surface area contributed by atoms with Gasteiger partial charge < -0.3 is 9.64 Å². The first-order chi connectivity index (χ1) is 16.7. The number of fused-ring (bicyclic) bond motifs is 2. The zero-order valence-electron chi connectivity index (χ0n) is 18.5. The summed E-state index contributed by atoms with van der Waals surface area (Å²) in [7, 11) is -4.05. The van der Waals surface area contributed by atoms with Crippen molar-refractivity contribution in [3.05, 3.63) is 83.9 Å². The van der Waals surface area contributed by atoms with E-state index < -0.39 is 28.1 Å². The maximum absolute atomic E-state index is 12.7. The van der Waals surface area contributed by atoms with E-state index in [2.05, 4.69) is 15.5 Å². The number of alkyl halides is 3. The molecule has 0 aliphatic carbocycles. The minimum absolute atomic E-state index is 0.166. The van der Waals surface area contributed by atoms with Crippen molar-refractivity contribution in [3.63, 3.8) is 0 Å². The van der Waals surface area contributed by atoms with E-state index in [1.165, 1.54) is 0 Å². The number of nitrogens with one attached hydrogen (secondary N) is 1. The number of anilines is 2. The molecule has 4 rings (SSSR count). The first kappa shape index (κ1) is 24.6. The van der Waals surface area contributed by atoms with Gasteiger partial charge in [0, 0.05) is 24.5 Å². The number of hydrogen-bond acceptors (Lipinski definition) is 5. The molecule has 0 bridgehead atoms. The van der Waals surface area contributed by atoms with E-state index in [9.17, 15) is 26.9 Å². The lowest BCUT2D eigenvalue weighted by molar-refractivity contribution is -0.274. The Balaban J connectivity index is 1.51. The quantitative estimate of drug-likeness (QED) is 0.496. The molecule has 6 nitrogen and oxygen atoms in total. The predicted molar refractivity (Wildman–Crippen MR) is 125 cm³/mol. The highest BCUT2D eigenvalue weighted by Gasteiger charge is 2.31. The number of nitrogens with zero attached hydrogens (tertiary/aromatic N) is 2. The fraction of sp³-hybridized carbons (Fsp3) is 0.240. The lowest BCUT2D eigenvalue weighted by Crippen LogP contribution is -2.35. The summed E-state index contributed by atoms with van der Waals surface area (Å²) in [4.78, 5) is 1.82. The van der Waals surface area contributed by atoms with Gasteiger partial charge >= 0.3 is 6.36 Å². The molecule has 3 aromatic carbocycles. The van der Waals surface area contributed by atoms with Gasteiger partial charge in [-0.15, -0.1) is 13.2 Å². The van der Waals surface area contributed by atoms with Crippen molar-refractivity contribution >= 4 is 21.4 Å². The van der Waals surface area contributed by atoms with Gasteiger partial charge in [-0.25, -0.2) is 13.1 Å². The Labute approximate surface area is 201 Å². The van der Waals surface area contributed by atoms with Crippen LogP contribution in [0, 0.1) is 17.2 Å². The van der Waals surface area contributed by atoms with Gasteiger partial charge in [-0.1, -0.05) is 36.4 Å². The Morgan fingerprint density at radius 2 is 1.49 bits per heavy atom. The molecule has 0 amide bonds. The fourth-order valence-corrected chi connectivity index (χ4v) is 5.13. The van der Waals surface area contributed by atoms with Crippen molar-refractivity contribution in [2.75, 3.05) is 18.0 Å². The first-order valence-corrected chi connectivity index (χ1v) is 12.3. The minimum Gasteiger partial charge on any atom is -0.406 e. The lowest BCUT2D eigenvalue weighted by Gasteiger charge is -2.29. The number of rotatable bonds is 7. The third-order valence-corrected chi connectivity index (χ3v) is 7.14. The zero-order valence-corrected chi connectivity index (χ0v) is 19.3. The molecule has 0 saturated heterocycles. The molecule has 10 heteroatoms. The Kier molecular flexibility index (Phi) is 7.00. The van der Waals surface area contributed by atoms with E-state index in [1.807, 2.05) is 53.4 Å². The van der Waals surface area contributed by atoms with Crippen LogP contribution in [0.4, 0.5) is 24.5 Å². The van der Waals surface area contributed by atoms with Crippen molar-refractivity contribution in [2.45, 2.75) is 24.1 Å². The highest BCUT2D eigenvalue weighted by molar-refractivity contribution is 7.89. The van der Waals surface area contributed by atoms with Gasteiger partial charge in [-0.2, -0.15) is 5.26 Å². The van der Waals surface area contributed by atoms with Crippen LogP contribution in [0.25, 0.3) is 0 Å². The molecule has 1 atom stereocenters. The van der Waals surface area contributed by atoms with Crippen molar-refractivity contribution in [1.82, 2.24) is 4.72 Å². The molecule has 3 aromatic rings. The van der Waals surface area contributed by atoms with Gasteiger partial charge in [-0.3, -0.25) is 0 Å². The van der Waals surface area contributed by atoms with E-state index >= 15 is 0 Å². The zero-order chi connectivity index (χ0) is 25.1. The summed E-state index contributed by atoms with van der Waals surface area (Å²) < 4.78 is 68.6. The van der Waals surface area contributed by atoms with E-state index in [0.29, 0.717) is 0 Å². The Bertz CT molecular complexity index is 1290. The molecule has 0 radical (unpaired) electrons. The van der Waals surface area contributed by atoms with Crippen molar-refractivity contribution in [3.8, 4) is 11.8 Å². The molecule has 182 valence electrons. The molecule has 1 aliphatic rings. The smallest absolute Gasteiger partial charge is 0.406 e. The van der Waals surface area contributed by atoms with E-state index in [4.69, 9.17) is 0 Å². The van der Waals surface area contributed by atoms with Crippen molar-refractivity contribution in [2.24, 2.45) is 5.92 Å². The van der Waals surface area contributed by atoms with E-state index in [-0.39, 0.29) is 18.0 Å². The summed E-state index contributed by atoms with van der Waals surface area (Å²) >= 11 is 0. The molecule has 0 spiro atoms. The van der Waals surface area contributed by atoms with Crippen LogP contribution in [0.2, 0.25) is 0 Å². The molecule has 35 heavy (non-hydrogen) atoms. The van der Waals surface area contributed by atoms with Crippen LogP contribution in [0.15, 0.2) is 77.7 Å². The van der Waals surface area contributed by atoms with Crippen LogP contribution in [-0.4, -0.2) is 27.9 Å². The lowest BCUT2D eigenvalue weighted by atomic mass is 10.0. The Morgan fingerprint density at radius 3 is 2.00 bits per heavy atom. The van der Waals surface area contributed by atoms with Crippen LogP contribution >= 0.6 is 0 Å². The van der Waals surface area contributed by atoms with E-state index in [1.54, 1.807) is 0 Å². The predicted octanol–water partition coefficient (Wildman–Crippen LogP) is 4.94. The number of benzene rings is 3. The number of sulfonamides is 1. The number of ether oxygens (including phenoxy) is 1. The third-order valence-electron chi connectivity index (χ3n) is 5.70. The molecule has 0 aromatic heterocycles. The second-order valence-corrected chi connectivity index (χ2v) is 9.83. The topological polar surface area (TPSA) is 82.4 Å². The summed E-state index contributed by atoms with van der Waals surface area (Å²) in [5.41, 5.74) is 4.23. The highest BCUT2D eigenvalue weighted by Crippen LogP contribution is 2.36. The van der Waals surface area contributed by atoms with Gasteiger partial charge in [0.15, 0.2) is 0 Å². The highest BCUT2D eigenvalue weighted by atomic mass is 32.2. The van der Waals surface area contributed by atoms with Gasteiger partial charge in [0.2, 0.25) is 10.0 Å². The Hall–Kier alpha value is -3.55. The van der Waals surface area contributed by atoms with Gasteiger partial charge in [-0.05, 0) is 60.4 Å². The molecule has 1 heterocycles. The molecule has 1 aliphatic heterocycles. The summed E-state index contributed by atoms with van der Waals surface area (Å²) in [5, 5.41) is 9.80. The van der Waals surface area contributed by atoms with Crippen molar-refractivity contribution < 1.29 is 26.3 Å².